The molecule has 1 fully saturated rings. The maximum absolute atomic E-state index is 12.7. The molecule has 4 rings (SSSR count). The fraction of sp³-hybridized carbons (Fsp3) is 0.381. The SMILES string of the molecule is CCCn1c(=O)sc2cc(S(=O)(=O)NCc3ccc(N4CCCC4)cc3)ccc21. The van der Waals surface area contributed by atoms with Crippen molar-refractivity contribution in [3.63, 3.8) is 0 Å². The molecule has 0 aliphatic carbocycles. The Labute approximate surface area is 174 Å². The lowest BCUT2D eigenvalue weighted by Crippen LogP contribution is -2.23. The van der Waals surface area contributed by atoms with Crippen LogP contribution >= 0.6 is 11.3 Å². The van der Waals surface area contributed by atoms with Gasteiger partial charge in [0.2, 0.25) is 10.0 Å². The lowest BCUT2D eigenvalue weighted by molar-refractivity contribution is 0.581. The van der Waals surface area contributed by atoms with Crippen LogP contribution in [0.25, 0.3) is 10.2 Å². The Bertz CT molecular complexity index is 1160. The van der Waals surface area contributed by atoms with Gasteiger partial charge in [0.1, 0.15) is 0 Å². The number of anilines is 1. The summed E-state index contributed by atoms with van der Waals surface area (Å²) in [7, 11) is -3.66. The average Bonchev–Trinajstić information content (AvgIpc) is 3.35. The van der Waals surface area contributed by atoms with Crippen LogP contribution in [0, 0.1) is 0 Å². The highest BCUT2D eigenvalue weighted by molar-refractivity contribution is 7.89. The molecule has 154 valence electrons. The van der Waals surface area contributed by atoms with Gasteiger partial charge in [-0.25, -0.2) is 13.1 Å². The molecule has 0 unspecified atom stereocenters. The van der Waals surface area contributed by atoms with Gasteiger partial charge in [-0.3, -0.25) is 9.36 Å². The molecule has 2 aromatic carbocycles. The number of fused-ring (bicyclic) bond motifs is 1. The predicted octanol–water partition coefficient (Wildman–Crippen LogP) is 3.55. The second kappa shape index (κ2) is 8.30. The van der Waals surface area contributed by atoms with E-state index in [9.17, 15) is 13.2 Å². The monoisotopic (exact) mass is 431 g/mol. The molecule has 1 N–H and O–H groups in total. The molecule has 1 aromatic heterocycles. The van der Waals surface area contributed by atoms with Crippen molar-refractivity contribution in [2.24, 2.45) is 0 Å². The number of aromatic nitrogens is 1. The van der Waals surface area contributed by atoms with Crippen molar-refractivity contribution in [1.82, 2.24) is 9.29 Å². The minimum atomic E-state index is -3.66. The van der Waals surface area contributed by atoms with Gasteiger partial charge in [0.15, 0.2) is 0 Å². The summed E-state index contributed by atoms with van der Waals surface area (Å²) in [5.74, 6) is 0. The molecule has 1 aliphatic rings. The summed E-state index contributed by atoms with van der Waals surface area (Å²) in [6, 6.07) is 12.9. The van der Waals surface area contributed by atoms with E-state index in [2.05, 4.69) is 21.8 Å². The van der Waals surface area contributed by atoms with Crippen LogP contribution in [0.2, 0.25) is 0 Å². The van der Waals surface area contributed by atoms with Crippen molar-refractivity contribution in [3.05, 3.63) is 57.7 Å². The zero-order valence-corrected chi connectivity index (χ0v) is 18.1. The zero-order chi connectivity index (χ0) is 20.4. The van der Waals surface area contributed by atoms with Gasteiger partial charge >= 0.3 is 4.87 Å². The summed E-state index contributed by atoms with van der Waals surface area (Å²) in [6.45, 7) is 5.04. The largest absolute Gasteiger partial charge is 0.372 e. The van der Waals surface area contributed by atoms with E-state index in [1.807, 2.05) is 19.1 Å². The molecule has 8 heteroatoms. The van der Waals surface area contributed by atoms with Gasteiger partial charge in [0, 0.05) is 31.9 Å². The van der Waals surface area contributed by atoms with Crippen molar-refractivity contribution in [2.45, 2.75) is 44.2 Å². The normalized spacial score (nSPS) is 14.7. The third-order valence-electron chi connectivity index (χ3n) is 5.27. The molecule has 6 nitrogen and oxygen atoms in total. The highest BCUT2D eigenvalue weighted by Crippen LogP contribution is 2.23. The first-order chi connectivity index (χ1) is 14.0. The van der Waals surface area contributed by atoms with E-state index < -0.39 is 10.0 Å². The molecule has 0 radical (unpaired) electrons. The van der Waals surface area contributed by atoms with Crippen LogP contribution in [0.15, 0.2) is 52.2 Å². The number of sulfonamides is 1. The summed E-state index contributed by atoms with van der Waals surface area (Å²) < 4.78 is 30.6. The van der Waals surface area contributed by atoms with E-state index in [0.29, 0.717) is 11.2 Å². The van der Waals surface area contributed by atoms with Gasteiger partial charge in [-0.15, -0.1) is 0 Å². The van der Waals surface area contributed by atoms with Gasteiger partial charge in [0.05, 0.1) is 15.1 Å². The zero-order valence-electron chi connectivity index (χ0n) is 16.4. The summed E-state index contributed by atoms with van der Waals surface area (Å²) >= 11 is 1.09. The standard InChI is InChI=1S/C21H25N3O3S2/c1-2-11-24-19-10-9-18(14-20(19)28-21(24)25)29(26,27)22-15-16-5-7-17(8-6-16)23-12-3-4-13-23/h5-10,14,22H,2-4,11-13,15H2,1H3. The first-order valence-corrected chi connectivity index (χ1v) is 12.2. The first kappa shape index (κ1) is 20.1. The first-order valence-electron chi connectivity index (χ1n) is 9.95. The molecular weight excluding hydrogens is 406 g/mol. The number of hydrogen-bond donors (Lipinski definition) is 1. The van der Waals surface area contributed by atoms with E-state index in [1.165, 1.54) is 18.5 Å². The van der Waals surface area contributed by atoms with Crippen molar-refractivity contribution in [3.8, 4) is 0 Å². The van der Waals surface area contributed by atoms with Crippen LogP contribution in [0.5, 0.6) is 0 Å². The van der Waals surface area contributed by atoms with E-state index in [1.54, 1.807) is 22.8 Å². The smallest absolute Gasteiger partial charge is 0.308 e. The third-order valence-corrected chi connectivity index (χ3v) is 7.61. The Balaban J connectivity index is 1.49. The van der Waals surface area contributed by atoms with Gasteiger partial charge in [-0.2, -0.15) is 0 Å². The molecule has 0 atom stereocenters. The highest BCUT2D eigenvalue weighted by Gasteiger charge is 2.17. The van der Waals surface area contributed by atoms with Crippen molar-refractivity contribution < 1.29 is 8.42 Å². The topological polar surface area (TPSA) is 71.4 Å². The third kappa shape index (κ3) is 4.24. The number of aryl methyl sites for hydroxylation is 1. The van der Waals surface area contributed by atoms with Crippen LogP contribution in [-0.2, 0) is 23.1 Å². The van der Waals surface area contributed by atoms with Gasteiger partial charge in [0.25, 0.3) is 0 Å². The van der Waals surface area contributed by atoms with E-state index in [-0.39, 0.29) is 16.3 Å². The quantitative estimate of drug-likeness (QED) is 0.621. The molecule has 29 heavy (non-hydrogen) atoms. The number of thiazole rings is 1. The molecule has 0 saturated carbocycles. The predicted molar refractivity (Wildman–Crippen MR) is 118 cm³/mol. The van der Waals surface area contributed by atoms with Crippen molar-refractivity contribution >= 4 is 37.3 Å². The van der Waals surface area contributed by atoms with Crippen LogP contribution in [-0.4, -0.2) is 26.1 Å². The maximum Gasteiger partial charge on any atom is 0.308 e. The average molecular weight is 432 g/mol. The molecule has 1 saturated heterocycles. The highest BCUT2D eigenvalue weighted by atomic mass is 32.2. The van der Waals surface area contributed by atoms with E-state index in [4.69, 9.17) is 0 Å². The van der Waals surface area contributed by atoms with Crippen molar-refractivity contribution in [2.75, 3.05) is 18.0 Å². The molecule has 0 amide bonds. The minimum absolute atomic E-state index is 0.0533. The van der Waals surface area contributed by atoms with E-state index >= 15 is 0 Å². The second-order valence-electron chi connectivity index (χ2n) is 7.33. The Morgan fingerprint density at radius 2 is 1.79 bits per heavy atom. The summed E-state index contributed by atoms with van der Waals surface area (Å²) in [4.78, 5) is 14.6. The van der Waals surface area contributed by atoms with E-state index in [0.717, 1.165) is 41.9 Å². The Kier molecular flexibility index (Phi) is 5.76. The number of nitrogens with one attached hydrogen (secondary N) is 1. The van der Waals surface area contributed by atoms with Crippen LogP contribution < -0.4 is 14.5 Å². The number of rotatable bonds is 7. The maximum atomic E-state index is 12.7. The number of benzene rings is 2. The molecule has 1 aliphatic heterocycles. The Hall–Kier alpha value is -2.16. The van der Waals surface area contributed by atoms with Crippen molar-refractivity contribution in [1.29, 1.82) is 0 Å². The Morgan fingerprint density at radius 3 is 2.48 bits per heavy atom. The van der Waals surface area contributed by atoms with Crippen LogP contribution in [0.3, 0.4) is 0 Å². The summed E-state index contributed by atoms with van der Waals surface area (Å²) in [5.41, 5.74) is 2.89. The van der Waals surface area contributed by atoms with Gasteiger partial charge in [-0.1, -0.05) is 30.4 Å². The molecular formula is C21H25N3O3S2. The molecule has 0 spiro atoms. The fourth-order valence-corrected chi connectivity index (χ4v) is 5.79. The summed E-state index contributed by atoms with van der Waals surface area (Å²) in [5, 5.41) is 0. The lowest BCUT2D eigenvalue weighted by atomic mass is 10.2. The van der Waals surface area contributed by atoms with Crippen LogP contribution in [0.1, 0.15) is 31.7 Å². The lowest BCUT2D eigenvalue weighted by Gasteiger charge is -2.17. The number of nitrogens with zero attached hydrogens (tertiary/aromatic N) is 2. The number of hydrogen-bond acceptors (Lipinski definition) is 5. The molecule has 2 heterocycles. The summed E-state index contributed by atoms with van der Waals surface area (Å²) in [6.07, 6.45) is 3.30. The molecule has 3 aromatic rings. The Morgan fingerprint density at radius 1 is 1.07 bits per heavy atom. The fourth-order valence-electron chi connectivity index (χ4n) is 3.71. The van der Waals surface area contributed by atoms with Crippen LogP contribution in [0.4, 0.5) is 5.69 Å². The molecule has 0 bridgehead atoms. The van der Waals surface area contributed by atoms with Gasteiger partial charge in [-0.05, 0) is 55.2 Å². The van der Waals surface area contributed by atoms with Gasteiger partial charge < -0.3 is 4.90 Å². The second-order valence-corrected chi connectivity index (χ2v) is 10.1. The minimum Gasteiger partial charge on any atom is -0.372 e.